The molecule has 0 bridgehead atoms. The maximum absolute atomic E-state index is 13.8. The molecule has 2 N–H and O–H groups in total. The summed E-state index contributed by atoms with van der Waals surface area (Å²) >= 11 is 6.73. The van der Waals surface area contributed by atoms with Gasteiger partial charge in [-0.25, -0.2) is 9.07 Å². The molecular formula is C29H29ClFN7. The first-order chi connectivity index (χ1) is 18.8. The molecule has 2 aromatic carbocycles. The highest BCUT2D eigenvalue weighted by molar-refractivity contribution is 6.35. The molecule has 7 nitrogen and oxygen atoms in total. The topological polar surface area (TPSA) is 91.5 Å². The largest absolute Gasteiger partial charge is 0.383 e. The summed E-state index contributed by atoms with van der Waals surface area (Å²) in [7, 11) is 0. The molecule has 0 amide bonds. The first-order valence-electron chi connectivity index (χ1n) is 13.6. The number of rotatable bonds is 9. The van der Waals surface area contributed by atoms with Crippen LogP contribution in [-0.2, 0) is 0 Å². The molecule has 2 aliphatic carbocycles. The first kappa shape index (κ1) is 23.4. The average molecular weight is 531 g/mol. The van der Waals surface area contributed by atoms with E-state index < -0.39 is 11.8 Å². The van der Waals surface area contributed by atoms with Crippen LogP contribution in [-0.4, -0.2) is 26.5 Å². The summed E-state index contributed by atoms with van der Waals surface area (Å²) in [6, 6.07) is 10.3. The van der Waals surface area contributed by atoms with Crippen molar-refractivity contribution in [2.75, 3.05) is 17.2 Å². The van der Waals surface area contributed by atoms with Crippen molar-refractivity contribution in [3.05, 3.63) is 76.5 Å². The van der Waals surface area contributed by atoms with Crippen LogP contribution >= 0.6 is 11.6 Å². The molecule has 4 aromatic rings. The SMILES string of the molecule is [2H]C(Nc1cc(Cl)c2ncc(C#N)c(NCC3(CC)CCC3)c2c1)(c1ccc(F)cc1)c1cn(C2CC2)nn1. The van der Waals surface area contributed by atoms with E-state index in [1.165, 1.54) is 18.6 Å². The quantitative estimate of drug-likeness (QED) is 0.241. The third kappa shape index (κ3) is 4.67. The summed E-state index contributed by atoms with van der Waals surface area (Å²) < 4.78 is 25.1. The molecule has 2 aliphatic rings. The molecule has 2 aromatic heterocycles. The van der Waals surface area contributed by atoms with Gasteiger partial charge in [-0.05, 0) is 67.3 Å². The lowest BCUT2D eigenvalue weighted by molar-refractivity contribution is 0.145. The lowest BCUT2D eigenvalue weighted by atomic mass is 9.67. The first-order valence-corrected chi connectivity index (χ1v) is 13.4. The Balaban J connectivity index is 1.43. The van der Waals surface area contributed by atoms with Crippen LogP contribution in [0.5, 0.6) is 0 Å². The van der Waals surface area contributed by atoms with Gasteiger partial charge in [0.15, 0.2) is 0 Å². The van der Waals surface area contributed by atoms with Crippen molar-refractivity contribution in [1.29, 1.82) is 5.26 Å². The Labute approximate surface area is 227 Å². The van der Waals surface area contributed by atoms with Crippen molar-refractivity contribution in [3.8, 4) is 6.07 Å². The zero-order chi connectivity index (χ0) is 27.2. The Bertz CT molecular complexity index is 1570. The Kier molecular flexibility index (Phi) is 6.09. The standard InChI is InChI=1S/C29H29ClFN7/c1-2-29(10-3-11-29)17-34-26-19(14-32)15-33-28-23(26)12-21(13-24(28)30)35-27(18-4-6-20(31)7-5-18)25-16-38(37-36-25)22-8-9-22/h4-7,12-13,15-16,22,27,35H,2-3,8-11,17H2,1H3,(H,33,34)/i27D. The second-order valence-electron chi connectivity index (χ2n) is 10.4. The van der Waals surface area contributed by atoms with Gasteiger partial charge in [0.25, 0.3) is 0 Å². The highest BCUT2D eigenvalue weighted by atomic mass is 35.5. The predicted molar refractivity (Wildman–Crippen MR) is 147 cm³/mol. The number of halogens is 2. The number of nitrogens with one attached hydrogen (secondary N) is 2. The maximum Gasteiger partial charge on any atom is 0.123 e. The molecule has 194 valence electrons. The average Bonchev–Trinajstić information content (AvgIpc) is 3.64. The molecule has 38 heavy (non-hydrogen) atoms. The molecular weight excluding hydrogens is 501 g/mol. The van der Waals surface area contributed by atoms with Crippen LogP contribution in [0.15, 0.2) is 48.8 Å². The summed E-state index contributed by atoms with van der Waals surface area (Å²) in [6.07, 6.45) is 9.99. The fourth-order valence-electron chi connectivity index (χ4n) is 5.17. The number of pyridine rings is 1. The molecule has 0 saturated heterocycles. The minimum atomic E-state index is -1.58. The van der Waals surface area contributed by atoms with Crippen molar-refractivity contribution in [2.24, 2.45) is 5.41 Å². The number of hydrogen-bond acceptors (Lipinski definition) is 6. The van der Waals surface area contributed by atoms with Gasteiger partial charge in [0.05, 0.1) is 41.4 Å². The second-order valence-corrected chi connectivity index (χ2v) is 10.8. The van der Waals surface area contributed by atoms with E-state index in [1.807, 2.05) is 6.07 Å². The number of nitriles is 1. The normalized spacial score (nSPS) is 18.2. The van der Waals surface area contributed by atoms with E-state index in [0.29, 0.717) is 50.2 Å². The van der Waals surface area contributed by atoms with Crippen molar-refractivity contribution >= 4 is 33.9 Å². The molecule has 0 aliphatic heterocycles. The van der Waals surface area contributed by atoms with Crippen LogP contribution in [0.3, 0.4) is 0 Å². The van der Waals surface area contributed by atoms with E-state index in [4.69, 9.17) is 11.6 Å². The van der Waals surface area contributed by atoms with E-state index in [-0.39, 0.29) is 5.41 Å². The Morgan fingerprint density at radius 3 is 2.74 bits per heavy atom. The molecule has 9 heteroatoms. The van der Waals surface area contributed by atoms with E-state index in [0.717, 1.165) is 38.6 Å². The minimum absolute atomic E-state index is 0.230. The van der Waals surface area contributed by atoms with Gasteiger partial charge in [-0.1, -0.05) is 42.3 Å². The minimum Gasteiger partial charge on any atom is -0.383 e. The highest BCUT2D eigenvalue weighted by Gasteiger charge is 2.35. The van der Waals surface area contributed by atoms with Crippen molar-refractivity contribution in [3.63, 3.8) is 0 Å². The molecule has 0 radical (unpaired) electrons. The molecule has 2 fully saturated rings. The Morgan fingerprint density at radius 1 is 1.29 bits per heavy atom. The van der Waals surface area contributed by atoms with Gasteiger partial charge in [0, 0.05) is 23.8 Å². The maximum atomic E-state index is 13.8. The molecule has 1 unspecified atom stereocenters. The second kappa shape index (κ2) is 9.88. The monoisotopic (exact) mass is 530 g/mol. The molecule has 1 atom stereocenters. The van der Waals surface area contributed by atoms with Gasteiger partial charge in [-0.2, -0.15) is 5.26 Å². The van der Waals surface area contributed by atoms with Crippen LogP contribution in [0.4, 0.5) is 15.8 Å². The van der Waals surface area contributed by atoms with Crippen molar-refractivity contribution < 1.29 is 5.76 Å². The smallest absolute Gasteiger partial charge is 0.123 e. The van der Waals surface area contributed by atoms with Gasteiger partial charge >= 0.3 is 0 Å². The number of anilines is 2. The number of nitrogens with zero attached hydrogens (tertiary/aromatic N) is 5. The van der Waals surface area contributed by atoms with Crippen LogP contribution in [0, 0.1) is 22.6 Å². The van der Waals surface area contributed by atoms with E-state index >= 15 is 0 Å². The van der Waals surface area contributed by atoms with Gasteiger partial charge in [-0.3, -0.25) is 4.98 Å². The third-order valence-corrected chi connectivity index (χ3v) is 8.23. The highest BCUT2D eigenvalue weighted by Crippen LogP contribution is 2.44. The zero-order valence-corrected chi connectivity index (χ0v) is 21.9. The Hall–Kier alpha value is -3.70. The van der Waals surface area contributed by atoms with Gasteiger partial charge < -0.3 is 10.6 Å². The van der Waals surface area contributed by atoms with Crippen molar-refractivity contribution in [2.45, 2.75) is 57.5 Å². The van der Waals surface area contributed by atoms with E-state index in [2.05, 4.69) is 38.9 Å². The molecule has 2 heterocycles. The van der Waals surface area contributed by atoms with Gasteiger partial charge in [0.2, 0.25) is 0 Å². The predicted octanol–water partition coefficient (Wildman–Crippen LogP) is 7.02. The number of aromatic nitrogens is 4. The van der Waals surface area contributed by atoms with Crippen LogP contribution in [0.1, 0.15) is 75.7 Å². The lowest BCUT2D eigenvalue weighted by Crippen LogP contribution is -2.36. The zero-order valence-electron chi connectivity index (χ0n) is 22.1. The number of hydrogen-bond donors (Lipinski definition) is 2. The van der Waals surface area contributed by atoms with Crippen molar-refractivity contribution in [1.82, 2.24) is 20.0 Å². The van der Waals surface area contributed by atoms with Crippen LogP contribution in [0.2, 0.25) is 5.02 Å². The summed E-state index contributed by atoms with van der Waals surface area (Å²) in [5, 5.41) is 26.4. The summed E-state index contributed by atoms with van der Waals surface area (Å²) in [5.74, 6) is -0.390. The van der Waals surface area contributed by atoms with Gasteiger partial charge in [0.1, 0.15) is 17.6 Å². The fraction of sp³-hybridized carbons (Fsp3) is 0.379. The van der Waals surface area contributed by atoms with E-state index in [9.17, 15) is 11.0 Å². The molecule has 0 spiro atoms. The van der Waals surface area contributed by atoms with Gasteiger partial charge in [-0.15, -0.1) is 5.10 Å². The Morgan fingerprint density at radius 2 is 2.08 bits per heavy atom. The van der Waals surface area contributed by atoms with E-state index in [1.54, 1.807) is 35.3 Å². The molecule has 6 rings (SSSR count). The third-order valence-electron chi connectivity index (χ3n) is 7.94. The molecule has 2 saturated carbocycles. The summed E-state index contributed by atoms with van der Waals surface area (Å²) in [6.45, 7) is 2.97. The number of benzene rings is 2. The summed E-state index contributed by atoms with van der Waals surface area (Å²) in [4.78, 5) is 4.47. The summed E-state index contributed by atoms with van der Waals surface area (Å²) in [5.41, 5.74) is 3.35. The fourth-order valence-corrected chi connectivity index (χ4v) is 5.44. The lowest BCUT2D eigenvalue weighted by Gasteiger charge is -2.41. The van der Waals surface area contributed by atoms with Crippen LogP contribution in [0.25, 0.3) is 10.9 Å². The number of fused-ring (bicyclic) bond motifs is 1. The van der Waals surface area contributed by atoms with Crippen LogP contribution < -0.4 is 10.6 Å².